The van der Waals surface area contributed by atoms with Crippen molar-refractivity contribution in [1.29, 1.82) is 0 Å². The Morgan fingerprint density at radius 2 is 2.16 bits per heavy atom. The first-order valence-electron chi connectivity index (χ1n) is 6.35. The summed E-state index contributed by atoms with van der Waals surface area (Å²) >= 11 is 0. The summed E-state index contributed by atoms with van der Waals surface area (Å²) in [6.07, 6.45) is 0. The molecule has 2 atom stereocenters. The Hall–Kier alpha value is -1.72. The van der Waals surface area contributed by atoms with Gasteiger partial charge >= 0.3 is 0 Å². The van der Waals surface area contributed by atoms with Crippen LogP contribution >= 0.6 is 0 Å². The summed E-state index contributed by atoms with van der Waals surface area (Å²) in [6, 6.07) is 7.85. The van der Waals surface area contributed by atoms with E-state index < -0.39 is 5.41 Å². The van der Waals surface area contributed by atoms with Crippen LogP contribution in [0.3, 0.4) is 0 Å². The maximum absolute atomic E-state index is 6.07. The van der Waals surface area contributed by atoms with Gasteiger partial charge in [0.15, 0.2) is 0 Å². The highest BCUT2D eigenvalue weighted by Crippen LogP contribution is 2.32. The third kappa shape index (κ3) is 1.95. The van der Waals surface area contributed by atoms with Gasteiger partial charge in [-0.25, -0.2) is 0 Å². The van der Waals surface area contributed by atoms with Crippen LogP contribution in [0.25, 0.3) is 11.4 Å². The molecule has 1 aliphatic heterocycles. The number of aromatic nitrogens is 2. The lowest BCUT2D eigenvalue weighted by atomic mass is 9.86. The van der Waals surface area contributed by atoms with Crippen LogP contribution < -0.4 is 5.73 Å². The molecule has 3 rings (SSSR count). The molecule has 0 saturated carbocycles. The molecule has 0 spiro atoms. The van der Waals surface area contributed by atoms with E-state index in [1.165, 1.54) is 0 Å². The van der Waals surface area contributed by atoms with Crippen LogP contribution in [0.15, 0.2) is 28.8 Å². The molecule has 0 amide bonds. The Labute approximate surface area is 111 Å². The average molecular weight is 259 g/mol. The van der Waals surface area contributed by atoms with Crippen LogP contribution in [-0.2, 0) is 10.2 Å². The second kappa shape index (κ2) is 4.43. The first kappa shape index (κ1) is 12.3. The molecule has 2 unspecified atom stereocenters. The summed E-state index contributed by atoms with van der Waals surface area (Å²) in [5.41, 5.74) is 7.77. The standard InChI is InChI=1S/C14H17N3O2/c1-9-5-3-4-6-10(9)12-16-13(19-17-12)14(2)8-18-7-11(14)15/h3-6,11H,7-8,15H2,1-2H3. The maximum atomic E-state index is 6.07. The van der Waals surface area contributed by atoms with Crippen molar-refractivity contribution in [3.63, 3.8) is 0 Å². The summed E-state index contributed by atoms with van der Waals surface area (Å²) in [4.78, 5) is 4.51. The molecule has 0 bridgehead atoms. The topological polar surface area (TPSA) is 74.2 Å². The Bertz CT molecular complexity index is 596. The van der Waals surface area contributed by atoms with Crippen LogP contribution in [0.2, 0.25) is 0 Å². The van der Waals surface area contributed by atoms with Gasteiger partial charge in [-0.2, -0.15) is 4.98 Å². The molecule has 2 N–H and O–H groups in total. The Morgan fingerprint density at radius 3 is 2.84 bits per heavy atom. The predicted molar refractivity (Wildman–Crippen MR) is 70.6 cm³/mol. The third-order valence-corrected chi connectivity index (χ3v) is 3.82. The zero-order valence-electron chi connectivity index (χ0n) is 11.1. The van der Waals surface area contributed by atoms with Crippen molar-refractivity contribution in [3.8, 4) is 11.4 Å². The minimum atomic E-state index is -0.395. The molecule has 0 aliphatic carbocycles. The van der Waals surface area contributed by atoms with E-state index in [0.717, 1.165) is 11.1 Å². The van der Waals surface area contributed by atoms with Gasteiger partial charge in [0.1, 0.15) is 0 Å². The molecule has 1 aromatic carbocycles. The molecule has 2 aromatic rings. The van der Waals surface area contributed by atoms with Crippen molar-refractivity contribution in [2.24, 2.45) is 5.73 Å². The number of nitrogens with two attached hydrogens (primary N) is 1. The zero-order chi connectivity index (χ0) is 13.5. The van der Waals surface area contributed by atoms with E-state index in [-0.39, 0.29) is 6.04 Å². The summed E-state index contributed by atoms with van der Waals surface area (Å²) < 4.78 is 10.8. The van der Waals surface area contributed by atoms with Crippen LogP contribution in [0.1, 0.15) is 18.4 Å². The van der Waals surface area contributed by atoms with Crippen LogP contribution in [0, 0.1) is 6.92 Å². The van der Waals surface area contributed by atoms with Crippen molar-refractivity contribution in [3.05, 3.63) is 35.7 Å². The third-order valence-electron chi connectivity index (χ3n) is 3.82. The quantitative estimate of drug-likeness (QED) is 0.887. The van der Waals surface area contributed by atoms with E-state index in [4.69, 9.17) is 15.0 Å². The molecule has 1 fully saturated rings. The van der Waals surface area contributed by atoms with Crippen LogP contribution in [0.4, 0.5) is 0 Å². The second-order valence-corrected chi connectivity index (χ2v) is 5.28. The van der Waals surface area contributed by atoms with Gasteiger partial charge in [-0.05, 0) is 19.4 Å². The largest absolute Gasteiger partial charge is 0.379 e. The Morgan fingerprint density at radius 1 is 1.37 bits per heavy atom. The van der Waals surface area contributed by atoms with Gasteiger partial charge in [-0.15, -0.1) is 0 Å². The van der Waals surface area contributed by atoms with Gasteiger partial charge < -0.3 is 15.0 Å². The van der Waals surface area contributed by atoms with E-state index >= 15 is 0 Å². The Kier molecular flexibility index (Phi) is 2.88. The molecule has 5 nitrogen and oxygen atoms in total. The first-order chi connectivity index (χ1) is 9.11. The van der Waals surface area contributed by atoms with E-state index in [9.17, 15) is 0 Å². The van der Waals surface area contributed by atoms with Gasteiger partial charge in [0.05, 0.1) is 18.6 Å². The van der Waals surface area contributed by atoms with E-state index in [2.05, 4.69) is 10.1 Å². The van der Waals surface area contributed by atoms with Crippen molar-refractivity contribution >= 4 is 0 Å². The smallest absolute Gasteiger partial charge is 0.236 e. The Balaban J connectivity index is 1.98. The van der Waals surface area contributed by atoms with Gasteiger partial charge in [-0.1, -0.05) is 29.4 Å². The highest BCUT2D eigenvalue weighted by molar-refractivity contribution is 5.59. The molecule has 1 aliphatic rings. The van der Waals surface area contributed by atoms with Crippen molar-refractivity contribution < 1.29 is 9.26 Å². The van der Waals surface area contributed by atoms with Gasteiger partial charge in [-0.3, -0.25) is 0 Å². The van der Waals surface area contributed by atoms with E-state index in [1.54, 1.807) is 0 Å². The number of nitrogens with zero attached hydrogens (tertiary/aromatic N) is 2. The van der Waals surface area contributed by atoms with Crippen LogP contribution in [0.5, 0.6) is 0 Å². The molecule has 1 saturated heterocycles. The molecular weight excluding hydrogens is 242 g/mol. The maximum Gasteiger partial charge on any atom is 0.236 e. The monoisotopic (exact) mass is 259 g/mol. The summed E-state index contributed by atoms with van der Waals surface area (Å²) in [5.74, 6) is 1.16. The fourth-order valence-corrected chi connectivity index (χ4v) is 2.30. The number of rotatable bonds is 2. The number of benzene rings is 1. The van der Waals surface area contributed by atoms with E-state index in [0.29, 0.717) is 24.9 Å². The number of ether oxygens (including phenoxy) is 1. The lowest BCUT2D eigenvalue weighted by Gasteiger charge is -2.21. The van der Waals surface area contributed by atoms with Gasteiger partial charge in [0.2, 0.25) is 11.7 Å². The SMILES string of the molecule is Cc1ccccc1-c1noc(C2(C)COCC2N)n1. The molecule has 2 heterocycles. The van der Waals surface area contributed by atoms with Gasteiger partial charge in [0.25, 0.3) is 0 Å². The molecule has 100 valence electrons. The average Bonchev–Trinajstić information content (AvgIpc) is 2.99. The molecular formula is C14H17N3O2. The van der Waals surface area contributed by atoms with Crippen molar-refractivity contribution in [2.45, 2.75) is 25.3 Å². The normalized spacial score (nSPS) is 26.8. The zero-order valence-corrected chi connectivity index (χ0v) is 11.1. The van der Waals surface area contributed by atoms with E-state index in [1.807, 2.05) is 38.1 Å². The number of hydrogen-bond acceptors (Lipinski definition) is 5. The fraction of sp³-hybridized carbons (Fsp3) is 0.429. The summed E-state index contributed by atoms with van der Waals surface area (Å²) in [7, 11) is 0. The summed E-state index contributed by atoms with van der Waals surface area (Å²) in [6.45, 7) is 5.07. The molecule has 1 aromatic heterocycles. The fourth-order valence-electron chi connectivity index (χ4n) is 2.30. The van der Waals surface area contributed by atoms with Crippen LogP contribution in [-0.4, -0.2) is 29.4 Å². The number of aryl methyl sites for hydroxylation is 1. The minimum Gasteiger partial charge on any atom is -0.379 e. The first-order valence-corrected chi connectivity index (χ1v) is 6.35. The molecule has 5 heteroatoms. The number of hydrogen-bond donors (Lipinski definition) is 1. The van der Waals surface area contributed by atoms with Gasteiger partial charge in [0, 0.05) is 11.6 Å². The highest BCUT2D eigenvalue weighted by Gasteiger charge is 2.44. The lowest BCUT2D eigenvalue weighted by molar-refractivity contribution is 0.169. The molecule has 19 heavy (non-hydrogen) atoms. The van der Waals surface area contributed by atoms with Crippen molar-refractivity contribution in [2.75, 3.05) is 13.2 Å². The summed E-state index contributed by atoms with van der Waals surface area (Å²) in [5, 5.41) is 4.07. The lowest BCUT2D eigenvalue weighted by Crippen LogP contribution is -2.42. The molecule has 0 radical (unpaired) electrons. The second-order valence-electron chi connectivity index (χ2n) is 5.28. The predicted octanol–water partition coefficient (Wildman–Crippen LogP) is 1.66. The highest BCUT2D eigenvalue weighted by atomic mass is 16.5. The minimum absolute atomic E-state index is 0.113. The van der Waals surface area contributed by atoms with Crippen molar-refractivity contribution in [1.82, 2.24) is 10.1 Å².